The summed E-state index contributed by atoms with van der Waals surface area (Å²) in [6, 6.07) is 4.16. The van der Waals surface area contributed by atoms with Gasteiger partial charge in [-0.15, -0.1) is 0 Å². The highest BCUT2D eigenvalue weighted by Crippen LogP contribution is 2.11. The minimum absolute atomic E-state index is 0.261. The standard InChI is InChI=1S/C12H20N2O2/c1-9(2)14-7-11(15)8-16-12-10(3)5-4-6-13-12/h4-6,9,11,14-15H,7-8H2,1-3H3. The summed E-state index contributed by atoms with van der Waals surface area (Å²) in [7, 11) is 0. The van der Waals surface area contributed by atoms with Gasteiger partial charge in [-0.3, -0.25) is 0 Å². The van der Waals surface area contributed by atoms with Crippen molar-refractivity contribution in [1.82, 2.24) is 10.3 Å². The van der Waals surface area contributed by atoms with Crippen LogP contribution < -0.4 is 10.1 Å². The third-order valence-electron chi connectivity index (χ3n) is 2.14. The van der Waals surface area contributed by atoms with Crippen LogP contribution in [0.4, 0.5) is 0 Å². The first-order valence-electron chi connectivity index (χ1n) is 5.55. The van der Waals surface area contributed by atoms with Crippen LogP contribution in [0.5, 0.6) is 5.88 Å². The van der Waals surface area contributed by atoms with Gasteiger partial charge in [0.1, 0.15) is 12.7 Å². The zero-order valence-electron chi connectivity index (χ0n) is 10.1. The summed E-state index contributed by atoms with van der Waals surface area (Å²) in [6.45, 7) is 6.80. The molecule has 0 saturated carbocycles. The zero-order chi connectivity index (χ0) is 12.0. The molecule has 0 aromatic carbocycles. The fourth-order valence-electron chi connectivity index (χ4n) is 1.23. The van der Waals surface area contributed by atoms with Crippen molar-refractivity contribution in [3.05, 3.63) is 23.9 Å². The summed E-state index contributed by atoms with van der Waals surface area (Å²) in [6.07, 6.45) is 1.17. The average Bonchev–Trinajstić information content (AvgIpc) is 2.25. The molecule has 2 N–H and O–H groups in total. The normalized spacial score (nSPS) is 12.8. The van der Waals surface area contributed by atoms with Crippen molar-refractivity contribution in [2.24, 2.45) is 0 Å². The number of nitrogens with one attached hydrogen (secondary N) is 1. The maximum absolute atomic E-state index is 9.63. The van der Waals surface area contributed by atoms with Crippen LogP contribution >= 0.6 is 0 Å². The number of hydrogen-bond acceptors (Lipinski definition) is 4. The first-order chi connectivity index (χ1) is 7.59. The van der Waals surface area contributed by atoms with Gasteiger partial charge in [0.05, 0.1) is 0 Å². The van der Waals surface area contributed by atoms with Gasteiger partial charge >= 0.3 is 0 Å². The number of aliphatic hydroxyl groups is 1. The number of rotatable bonds is 6. The predicted molar refractivity (Wildman–Crippen MR) is 63.6 cm³/mol. The Bertz CT molecular complexity index is 316. The van der Waals surface area contributed by atoms with Gasteiger partial charge < -0.3 is 15.2 Å². The van der Waals surface area contributed by atoms with E-state index in [-0.39, 0.29) is 6.61 Å². The molecule has 4 nitrogen and oxygen atoms in total. The minimum atomic E-state index is -0.510. The van der Waals surface area contributed by atoms with E-state index in [9.17, 15) is 5.11 Å². The van der Waals surface area contributed by atoms with E-state index in [0.29, 0.717) is 18.5 Å². The number of pyridine rings is 1. The second-order valence-corrected chi connectivity index (χ2v) is 4.15. The van der Waals surface area contributed by atoms with Gasteiger partial charge in [0, 0.05) is 24.3 Å². The lowest BCUT2D eigenvalue weighted by Crippen LogP contribution is -2.35. The van der Waals surface area contributed by atoms with E-state index < -0.39 is 6.10 Å². The highest BCUT2D eigenvalue weighted by molar-refractivity contribution is 5.23. The Balaban J connectivity index is 2.31. The van der Waals surface area contributed by atoms with Crippen molar-refractivity contribution in [1.29, 1.82) is 0 Å². The molecule has 1 unspecified atom stereocenters. The number of aryl methyl sites for hydroxylation is 1. The molecule has 0 aliphatic rings. The summed E-state index contributed by atoms with van der Waals surface area (Å²) < 4.78 is 5.43. The Morgan fingerprint density at radius 3 is 2.88 bits per heavy atom. The van der Waals surface area contributed by atoms with Gasteiger partial charge in [0.15, 0.2) is 0 Å². The molecule has 16 heavy (non-hydrogen) atoms. The van der Waals surface area contributed by atoms with Gasteiger partial charge in [-0.25, -0.2) is 4.98 Å². The minimum Gasteiger partial charge on any atom is -0.475 e. The molecule has 4 heteroatoms. The van der Waals surface area contributed by atoms with Crippen LogP contribution in [0, 0.1) is 6.92 Å². The molecule has 1 rings (SSSR count). The molecule has 1 aromatic rings. The van der Waals surface area contributed by atoms with Crippen molar-refractivity contribution in [2.75, 3.05) is 13.2 Å². The molecule has 0 aliphatic carbocycles. The molecule has 0 bridgehead atoms. The van der Waals surface area contributed by atoms with Crippen molar-refractivity contribution >= 4 is 0 Å². The van der Waals surface area contributed by atoms with Crippen molar-refractivity contribution in [2.45, 2.75) is 32.9 Å². The highest BCUT2D eigenvalue weighted by Gasteiger charge is 2.07. The van der Waals surface area contributed by atoms with Crippen LogP contribution in [0.2, 0.25) is 0 Å². The predicted octanol–water partition coefficient (Wildman–Crippen LogP) is 1.13. The summed E-state index contributed by atoms with van der Waals surface area (Å²) in [5.41, 5.74) is 0.978. The summed E-state index contributed by atoms with van der Waals surface area (Å²) >= 11 is 0. The molecule has 0 aliphatic heterocycles. The second-order valence-electron chi connectivity index (χ2n) is 4.15. The molecule has 0 fully saturated rings. The maximum atomic E-state index is 9.63. The van der Waals surface area contributed by atoms with Crippen molar-refractivity contribution in [3.8, 4) is 5.88 Å². The van der Waals surface area contributed by atoms with Gasteiger partial charge in [-0.2, -0.15) is 0 Å². The molecule has 0 spiro atoms. The number of nitrogens with zero attached hydrogens (tertiary/aromatic N) is 1. The van der Waals surface area contributed by atoms with Crippen LogP contribution in [0.3, 0.4) is 0 Å². The number of aliphatic hydroxyl groups excluding tert-OH is 1. The second kappa shape index (κ2) is 6.45. The van der Waals surface area contributed by atoms with Crippen LogP contribution in [0.15, 0.2) is 18.3 Å². The van der Waals surface area contributed by atoms with E-state index in [1.54, 1.807) is 6.20 Å². The molecule has 1 aromatic heterocycles. The first kappa shape index (κ1) is 12.9. The van der Waals surface area contributed by atoms with Crippen LogP contribution in [-0.2, 0) is 0 Å². The fourth-order valence-corrected chi connectivity index (χ4v) is 1.23. The van der Waals surface area contributed by atoms with E-state index in [1.807, 2.05) is 32.9 Å². The monoisotopic (exact) mass is 224 g/mol. The molecular formula is C12H20N2O2. The van der Waals surface area contributed by atoms with Gasteiger partial charge in [-0.1, -0.05) is 19.9 Å². The van der Waals surface area contributed by atoms with E-state index in [4.69, 9.17) is 4.74 Å². The molecule has 1 atom stereocenters. The van der Waals surface area contributed by atoms with Crippen LogP contribution in [0.25, 0.3) is 0 Å². The van der Waals surface area contributed by atoms with E-state index in [2.05, 4.69) is 10.3 Å². The average molecular weight is 224 g/mol. The van der Waals surface area contributed by atoms with E-state index in [0.717, 1.165) is 5.56 Å². The Morgan fingerprint density at radius 2 is 2.25 bits per heavy atom. The largest absolute Gasteiger partial charge is 0.475 e. The van der Waals surface area contributed by atoms with Gasteiger partial charge in [0.25, 0.3) is 0 Å². The molecule has 0 amide bonds. The third-order valence-corrected chi connectivity index (χ3v) is 2.14. The first-order valence-corrected chi connectivity index (χ1v) is 5.55. The topological polar surface area (TPSA) is 54.4 Å². The van der Waals surface area contributed by atoms with E-state index in [1.165, 1.54) is 0 Å². The Labute approximate surface area is 96.7 Å². The fraction of sp³-hybridized carbons (Fsp3) is 0.583. The van der Waals surface area contributed by atoms with Crippen LogP contribution in [-0.4, -0.2) is 35.4 Å². The Hall–Kier alpha value is -1.13. The van der Waals surface area contributed by atoms with E-state index >= 15 is 0 Å². The van der Waals surface area contributed by atoms with Gasteiger partial charge in [-0.05, 0) is 13.0 Å². The Kier molecular flexibility index (Phi) is 5.22. The lowest BCUT2D eigenvalue weighted by molar-refractivity contribution is 0.102. The molecular weight excluding hydrogens is 204 g/mol. The summed E-state index contributed by atoms with van der Waals surface area (Å²) in [5, 5.41) is 12.8. The van der Waals surface area contributed by atoms with Gasteiger partial charge in [0.2, 0.25) is 5.88 Å². The summed E-state index contributed by atoms with van der Waals surface area (Å²) in [4.78, 5) is 4.09. The zero-order valence-corrected chi connectivity index (χ0v) is 10.1. The smallest absolute Gasteiger partial charge is 0.216 e. The molecule has 0 radical (unpaired) electrons. The highest BCUT2D eigenvalue weighted by atomic mass is 16.5. The molecule has 90 valence electrons. The molecule has 0 saturated heterocycles. The number of hydrogen-bond donors (Lipinski definition) is 2. The third kappa shape index (κ3) is 4.59. The molecule has 1 heterocycles. The van der Waals surface area contributed by atoms with Crippen molar-refractivity contribution in [3.63, 3.8) is 0 Å². The lowest BCUT2D eigenvalue weighted by atomic mass is 10.3. The number of ether oxygens (including phenoxy) is 1. The SMILES string of the molecule is Cc1cccnc1OCC(O)CNC(C)C. The van der Waals surface area contributed by atoms with Crippen LogP contribution in [0.1, 0.15) is 19.4 Å². The number of aromatic nitrogens is 1. The maximum Gasteiger partial charge on any atom is 0.216 e. The summed E-state index contributed by atoms with van der Waals surface area (Å²) in [5.74, 6) is 0.589. The quantitative estimate of drug-likeness (QED) is 0.760. The lowest BCUT2D eigenvalue weighted by Gasteiger charge is -2.15. The van der Waals surface area contributed by atoms with Crippen molar-refractivity contribution < 1.29 is 9.84 Å². The Morgan fingerprint density at radius 1 is 1.50 bits per heavy atom.